The summed E-state index contributed by atoms with van der Waals surface area (Å²) >= 11 is 0. The molecule has 0 atom stereocenters. The number of guanidine groups is 1. The molecule has 11 heteroatoms. The summed E-state index contributed by atoms with van der Waals surface area (Å²) in [5, 5.41) is 9.96. The summed E-state index contributed by atoms with van der Waals surface area (Å²) in [6.07, 6.45) is 1.42. The number of nitrogens with one attached hydrogen (secondary N) is 2. The molecule has 0 fully saturated rings. The van der Waals surface area contributed by atoms with Crippen molar-refractivity contribution in [2.75, 3.05) is 6.54 Å². The molecular formula is C15H20F3IN6O. The summed E-state index contributed by atoms with van der Waals surface area (Å²) in [4.78, 5) is 8.28. The van der Waals surface area contributed by atoms with Crippen molar-refractivity contribution in [3.05, 3.63) is 41.7 Å². The topological polar surface area (TPSA) is 76.4 Å². The maximum absolute atomic E-state index is 13.9. The molecule has 2 N–H and O–H groups in total. The SMILES string of the molecule is CCNC(=NCc1c(F)cccc1OC(F)F)NCc1ncnn1C.I. The maximum atomic E-state index is 13.9. The Morgan fingerprint density at radius 1 is 1.35 bits per heavy atom. The van der Waals surface area contributed by atoms with Gasteiger partial charge in [0.2, 0.25) is 0 Å². The second-order valence-electron chi connectivity index (χ2n) is 4.94. The highest BCUT2D eigenvalue weighted by molar-refractivity contribution is 14.0. The molecule has 0 unspecified atom stereocenters. The highest BCUT2D eigenvalue weighted by Gasteiger charge is 2.13. The Labute approximate surface area is 166 Å². The summed E-state index contributed by atoms with van der Waals surface area (Å²) in [5.41, 5.74) is -0.0429. The smallest absolute Gasteiger partial charge is 0.387 e. The van der Waals surface area contributed by atoms with Gasteiger partial charge in [-0.1, -0.05) is 6.07 Å². The van der Waals surface area contributed by atoms with Crippen LogP contribution in [-0.2, 0) is 20.1 Å². The lowest BCUT2D eigenvalue weighted by atomic mass is 10.2. The number of aliphatic imine (C=N–C) groups is 1. The largest absolute Gasteiger partial charge is 0.434 e. The van der Waals surface area contributed by atoms with E-state index in [1.807, 2.05) is 6.92 Å². The zero-order valence-corrected chi connectivity index (χ0v) is 16.6. The molecule has 0 aliphatic rings. The summed E-state index contributed by atoms with van der Waals surface area (Å²) in [6, 6.07) is 3.75. The number of hydrogen-bond donors (Lipinski definition) is 2. The minimum atomic E-state index is -3.04. The van der Waals surface area contributed by atoms with Crippen LogP contribution in [0.25, 0.3) is 0 Å². The van der Waals surface area contributed by atoms with Gasteiger partial charge in [-0.05, 0) is 19.1 Å². The van der Waals surface area contributed by atoms with Crippen LogP contribution in [0.4, 0.5) is 13.2 Å². The molecule has 0 aliphatic carbocycles. The molecule has 0 amide bonds. The van der Waals surface area contributed by atoms with E-state index in [2.05, 4.69) is 30.4 Å². The van der Waals surface area contributed by atoms with E-state index in [-0.39, 0.29) is 41.8 Å². The summed E-state index contributed by atoms with van der Waals surface area (Å²) in [5.74, 6) is 0.170. The number of halogens is 4. The molecule has 1 aromatic heterocycles. The zero-order chi connectivity index (χ0) is 18.2. The second kappa shape index (κ2) is 10.8. The first-order chi connectivity index (χ1) is 12.0. The van der Waals surface area contributed by atoms with Gasteiger partial charge < -0.3 is 15.4 Å². The predicted molar refractivity (Wildman–Crippen MR) is 101 cm³/mol. The van der Waals surface area contributed by atoms with Gasteiger partial charge in [0.05, 0.1) is 18.7 Å². The van der Waals surface area contributed by atoms with Crippen LogP contribution >= 0.6 is 24.0 Å². The van der Waals surface area contributed by atoms with Gasteiger partial charge in [-0.2, -0.15) is 13.9 Å². The highest BCUT2D eigenvalue weighted by atomic mass is 127. The lowest BCUT2D eigenvalue weighted by Gasteiger charge is -2.13. The van der Waals surface area contributed by atoms with Crippen LogP contribution in [0.1, 0.15) is 18.3 Å². The van der Waals surface area contributed by atoms with Gasteiger partial charge in [-0.3, -0.25) is 4.68 Å². The monoisotopic (exact) mass is 484 g/mol. The van der Waals surface area contributed by atoms with Crippen LogP contribution in [-0.4, -0.2) is 33.9 Å². The van der Waals surface area contributed by atoms with E-state index in [1.165, 1.54) is 24.5 Å². The molecule has 0 saturated carbocycles. The molecule has 144 valence electrons. The fourth-order valence-corrected chi connectivity index (χ4v) is 2.04. The molecule has 1 aromatic carbocycles. The van der Waals surface area contributed by atoms with Crippen molar-refractivity contribution in [2.45, 2.75) is 26.6 Å². The van der Waals surface area contributed by atoms with Crippen molar-refractivity contribution in [1.29, 1.82) is 0 Å². The Bertz CT molecular complexity index is 725. The Balaban J connectivity index is 0.00000338. The minimum absolute atomic E-state index is 0. The van der Waals surface area contributed by atoms with Crippen molar-refractivity contribution in [1.82, 2.24) is 25.4 Å². The third kappa shape index (κ3) is 6.35. The molecule has 0 bridgehead atoms. The standard InChI is InChI=1S/C15H19F3N6O.HI/c1-3-19-15(21-8-13-22-9-23-24(13)2)20-7-10-11(16)5-4-6-12(10)25-14(17)18;/h4-6,9,14H,3,7-8H2,1-2H3,(H2,19,20,21);1H. The Hall–Kier alpha value is -2.05. The van der Waals surface area contributed by atoms with E-state index < -0.39 is 12.4 Å². The number of alkyl halides is 2. The van der Waals surface area contributed by atoms with E-state index in [4.69, 9.17) is 0 Å². The number of benzene rings is 1. The van der Waals surface area contributed by atoms with E-state index >= 15 is 0 Å². The number of rotatable bonds is 7. The van der Waals surface area contributed by atoms with Gasteiger partial charge in [0, 0.05) is 13.6 Å². The Kier molecular flexibility index (Phi) is 9.16. The molecule has 0 spiro atoms. The molecule has 2 rings (SSSR count). The fourth-order valence-electron chi connectivity index (χ4n) is 2.04. The number of ether oxygens (including phenoxy) is 1. The lowest BCUT2D eigenvalue weighted by molar-refractivity contribution is -0.0506. The van der Waals surface area contributed by atoms with Crippen LogP contribution in [0.2, 0.25) is 0 Å². The first-order valence-corrected chi connectivity index (χ1v) is 7.58. The summed E-state index contributed by atoms with van der Waals surface area (Å²) in [7, 11) is 1.75. The number of nitrogens with zero attached hydrogens (tertiary/aromatic N) is 4. The van der Waals surface area contributed by atoms with Gasteiger partial charge in [0.25, 0.3) is 0 Å². The van der Waals surface area contributed by atoms with E-state index in [0.29, 0.717) is 24.9 Å². The van der Waals surface area contributed by atoms with E-state index in [1.54, 1.807) is 11.7 Å². The number of aromatic nitrogens is 3. The highest BCUT2D eigenvalue weighted by Crippen LogP contribution is 2.24. The first-order valence-electron chi connectivity index (χ1n) is 7.58. The van der Waals surface area contributed by atoms with Gasteiger partial charge in [0.1, 0.15) is 23.7 Å². The van der Waals surface area contributed by atoms with Crippen molar-refractivity contribution in [2.24, 2.45) is 12.0 Å². The maximum Gasteiger partial charge on any atom is 0.387 e. The third-order valence-electron chi connectivity index (χ3n) is 3.25. The average Bonchev–Trinajstić information content (AvgIpc) is 2.96. The lowest BCUT2D eigenvalue weighted by Crippen LogP contribution is -2.37. The summed E-state index contributed by atoms with van der Waals surface area (Å²) in [6.45, 7) is -0.411. The van der Waals surface area contributed by atoms with Crippen molar-refractivity contribution >= 4 is 29.9 Å². The van der Waals surface area contributed by atoms with Crippen molar-refractivity contribution in [3.63, 3.8) is 0 Å². The van der Waals surface area contributed by atoms with Gasteiger partial charge >= 0.3 is 6.61 Å². The van der Waals surface area contributed by atoms with Crippen LogP contribution < -0.4 is 15.4 Å². The first kappa shape index (κ1) is 22.0. The number of hydrogen-bond acceptors (Lipinski definition) is 4. The number of aryl methyl sites for hydroxylation is 1. The van der Waals surface area contributed by atoms with Crippen LogP contribution in [0.15, 0.2) is 29.5 Å². The molecule has 7 nitrogen and oxygen atoms in total. The molecular weight excluding hydrogens is 464 g/mol. The third-order valence-corrected chi connectivity index (χ3v) is 3.25. The van der Waals surface area contributed by atoms with Crippen molar-refractivity contribution in [3.8, 4) is 5.75 Å². The van der Waals surface area contributed by atoms with Crippen LogP contribution in [0.5, 0.6) is 5.75 Å². The fraction of sp³-hybridized carbons (Fsp3) is 0.400. The van der Waals surface area contributed by atoms with Gasteiger partial charge in [0.15, 0.2) is 5.96 Å². The van der Waals surface area contributed by atoms with Gasteiger partial charge in [-0.15, -0.1) is 24.0 Å². The molecule has 2 aromatic rings. The van der Waals surface area contributed by atoms with Gasteiger partial charge in [-0.25, -0.2) is 14.4 Å². The van der Waals surface area contributed by atoms with Crippen LogP contribution in [0, 0.1) is 5.82 Å². The normalized spacial score (nSPS) is 11.2. The molecule has 1 heterocycles. The Morgan fingerprint density at radius 3 is 2.73 bits per heavy atom. The van der Waals surface area contributed by atoms with E-state index in [9.17, 15) is 13.2 Å². The second-order valence-corrected chi connectivity index (χ2v) is 4.94. The average molecular weight is 484 g/mol. The van der Waals surface area contributed by atoms with E-state index in [0.717, 1.165) is 0 Å². The quantitative estimate of drug-likeness (QED) is 0.359. The molecule has 0 radical (unpaired) electrons. The molecule has 0 aliphatic heterocycles. The van der Waals surface area contributed by atoms with Crippen molar-refractivity contribution < 1.29 is 17.9 Å². The minimum Gasteiger partial charge on any atom is -0.434 e. The summed E-state index contributed by atoms with van der Waals surface area (Å²) < 4.78 is 44.8. The Morgan fingerprint density at radius 2 is 2.12 bits per heavy atom. The van der Waals surface area contributed by atoms with Crippen LogP contribution in [0.3, 0.4) is 0 Å². The predicted octanol–water partition coefficient (Wildman–Crippen LogP) is 2.43. The molecule has 26 heavy (non-hydrogen) atoms. The zero-order valence-electron chi connectivity index (χ0n) is 14.2. The molecule has 0 saturated heterocycles.